The zero-order valence-corrected chi connectivity index (χ0v) is 8.90. The van der Waals surface area contributed by atoms with E-state index in [1.807, 2.05) is 0 Å². The Morgan fingerprint density at radius 3 is 2.00 bits per heavy atom. The van der Waals surface area contributed by atoms with Gasteiger partial charge >= 0.3 is 10.4 Å². The summed E-state index contributed by atoms with van der Waals surface area (Å²) in [6.07, 6.45) is -6.90. The first-order valence-corrected chi connectivity index (χ1v) is 5.31. The fourth-order valence-corrected chi connectivity index (χ4v) is 1.43. The minimum absolute atomic E-state index is 0.217. The lowest BCUT2D eigenvalue weighted by molar-refractivity contribution is -0.267. The fourth-order valence-electron chi connectivity index (χ4n) is 0.854. The Bertz CT molecular complexity index is 336. The minimum Gasteiger partial charge on any atom is -0.388 e. The summed E-state index contributed by atoms with van der Waals surface area (Å²) in [6.45, 7) is 0.811. The van der Waals surface area contributed by atoms with Crippen molar-refractivity contribution in [3.63, 3.8) is 0 Å². The van der Waals surface area contributed by atoms with Crippen LogP contribution in [0.25, 0.3) is 0 Å². The number of carbonyl (C=O) groups is 1. The van der Waals surface area contributed by atoms with Gasteiger partial charge in [-0.25, -0.2) is 4.18 Å². The van der Waals surface area contributed by atoms with Gasteiger partial charge in [0.2, 0.25) is 5.79 Å². The molecule has 0 spiro atoms. The van der Waals surface area contributed by atoms with E-state index in [-0.39, 0.29) is 6.29 Å². The summed E-state index contributed by atoms with van der Waals surface area (Å²) in [5.41, 5.74) is 0. The molecule has 0 aliphatic heterocycles. The molecule has 0 amide bonds. The highest BCUT2D eigenvalue weighted by Gasteiger charge is 2.49. The van der Waals surface area contributed by atoms with Gasteiger partial charge in [-0.15, -0.1) is 0 Å². The molecule has 0 saturated carbocycles. The van der Waals surface area contributed by atoms with E-state index >= 15 is 0 Å². The molecule has 16 heavy (non-hydrogen) atoms. The summed E-state index contributed by atoms with van der Waals surface area (Å²) < 4.78 is 32.6. The van der Waals surface area contributed by atoms with E-state index in [1.165, 1.54) is 0 Å². The quantitative estimate of drug-likeness (QED) is 0.188. The number of aliphatic hydroxyl groups excluding tert-OH is 3. The molecule has 0 aromatic heterocycles. The van der Waals surface area contributed by atoms with Gasteiger partial charge in [0.25, 0.3) is 0 Å². The Morgan fingerprint density at radius 1 is 1.31 bits per heavy atom. The molecule has 10 heteroatoms. The van der Waals surface area contributed by atoms with Gasteiger partial charge in [-0.05, 0) is 6.92 Å². The lowest BCUT2D eigenvalue weighted by Gasteiger charge is -2.33. The van der Waals surface area contributed by atoms with Gasteiger partial charge in [0, 0.05) is 0 Å². The third-order valence-corrected chi connectivity index (χ3v) is 2.20. The number of hydrogen-bond acceptors (Lipinski definition) is 8. The normalized spacial score (nSPS) is 21.9. The van der Waals surface area contributed by atoms with Crippen LogP contribution in [0.5, 0.6) is 0 Å². The smallest absolute Gasteiger partial charge is 0.388 e. The van der Waals surface area contributed by atoms with E-state index in [2.05, 4.69) is 4.18 Å². The summed E-state index contributed by atoms with van der Waals surface area (Å²) in [5, 5.41) is 36.5. The van der Waals surface area contributed by atoms with Crippen molar-refractivity contribution in [2.24, 2.45) is 0 Å². The third-order valence-electron chi connectivity index (χ3n) is 1.72. The van der Waals surface area contributed by atoms with Gasteiger partial charge in [-0.2, -0.15) is 8.42 Å². The van der Waals surface area contributed by atoms with Crippen molar-refractivity contribution in [3.8, 4) is 0 Å². The molecule has 0 aliphatic rings. The van der Waals surface area contributed by atoms with Gasteiger partial charge < -0.3 is 25.2 Å². The highest BCUT2D eigenvalue weighted by molar-refractivity contribution is 7.80. The number of aliphatic hydroxyl groups is 4. The molecule has 96 valence electrons. The van der Waals surface area contributed by atoms with Gasteiger partial charge in [0.1, 0.15) is 18.3 Å². The Labute approximate surface area is 90.9 Å². The molecule has 9 nitrogen and oxygen atoms in total. The molecule has 0 bridgehead atoms. The molecule has 0 unspecified atom stereocenters. The lowest BCUT2D eigenvalue weighted by atomic mass is 10.0. The van der Waals surface area contributed by atoms with Gasteiger partial charge in [0.15, 0.2) is 6.29 Å². The number of rotatable bonds is 6. The van der Waals surface area contributed by atoms with Crippen LogP contribution < -0.4 is 0 Å². The second-order valence-electron chi connectivity index (χ2n) is 3.01. The van der Waals surface area contributed by atoms with E-state index in [1.54, 1.807) is 0 Å². The zero-order valence-electron chi connectivity index (χ0n) is 8.09. The van der Waals surface area contributed by atoms with E-state index in [0.29, 0.717) is 0 Å². The Morgan fingerprint density at radius 2 is 1.75 bits per heavy atom. The topological polar surface area (TPSA) is 162 Å². The van der Waals surface area contributed by atoms with Crippen molar-refractivity contribution in [2.45, 2.75) is 31.0 Å². The lowest BCUT2D eigenvalue weighted by Crippen LogP contribution is -2.58. The molecular weight excluding hydrogens is 248 g/mol. The second kappa shape index (κ2) is 5.14. The number of hydrogen-bond donors (Lipinski definition) is 5. The number of aldehydes is 1. The van der Waals surface area contributed by atoms with Gasteiger partial charge in [-0.3, -0.25) is 4.55 Å². The van der Waals surface area contributed by atoms with E-state index in [0.717, 1.165) is 6.92 Å². The van der Waals surface area contributed by atoms with E-state index in [9.17, 15) is 23.4 Å². The molecule has 5 N–H and O–H groups in total. The van der Waals surface area contributed by atoms with Crippen LogP contribution >= 0.6 is 0 Å². The van der Waals surface area contributed by atoms with Gasteiger partial charge in [-0.1, -0.05) is 0 Å². The van der Waals surface area contributed by atoms with Crippen molar-refractivity contribution in [3.05, 3.63) is 0 Å². The Hall–Kier alpha value is -0.620. The van der Waals surface area contributed by atoms with Crippen LogP contribution in [0.1, 0.15) is 6.92 Å². The van der Waals surface area contributed by atoms with Crippen molar-refractivity contribution < 1.29 is 42.4 Å². The highest BCUT2D eigenvalue weighted by Crippen LogP contribution is 2.22. The van der Waals surface area contributed by atoms with Crippen LogP contribution in [0.15, 0.2) is 0 Å². The average molecular weight is 260 g/mol. The first-order valence-electron chi connectivity index (χ1n) is 3.94. The molecule has 0 aliphatic carbocycles. The summed E-state index contributed by atoms with van der Waals surface area (Å²) in [5.74, 6) is -3.24. The minimum atomic E-state index is -5.21. The Balaban J connectivity index is 5.19. The molecule has 0 aromatic rings. The average Bonchev–Trinajstić information content (AvgIpc) is 2.12. The second-order valence-corrected chi connectivity index (χ2v) is 4.03. The van der Waals surface area contributed by atoms with E-state index < -0.39 is 34.5 Å². The largest absolute Gasteiger partial charge is 0.400 e. The maximum Gasteiger partial charge on any atom is 0.400 e. The van der Waals surface area contributed by atoms with Crippen LogP contribution in [-0.2, 0) is 19.4 Å². The first-order chi connectivity index (χ1) is 7.04. The standard InChI is InChI=1S/C6H12O9S/c1-3(8)6(11,15-16(12,13)14)5(10)4(9)2-7/h2-5,8-11H,1H3,(H,12,13,14)/t3-,4+,5+,6+/m0/s1. The summed E-state index contributed by atoms with van der Waals surface area (Å²) in [7, 11) is -5.21. The molecule has 0 fully saturated rings. The van der Waals surface area contributed by atoms with Crippen molar-refractivity contribution >= 4 is 16.7 Å². The molecule has 0 radical (unpaired) electrons. The monoisotopic (exact) mass is 260 g/mol. The Kier molecular flexibility index (Phi) is 4.94. The van der Waals surface area contributed by atoms with Crippen LogP contribution in [0.3, 0.4) is 0 Å². The predicted octanol–water partition coefficient (Wildman–Crippen LogP) is -3.20. The first kappa shape index (κ1) is 15.4. The molecule has 4 atom stereocenters. The summed E-state index contributed by atoms with van der Waals surface area (Å²) >= 11 is 0. The molecule has 0 aromatic carbocycles. The zero-order chi connectivity index (χ0) is 13.1. The summed E-state index contributed by atoms with van der Waals surface area (Å²) in [6, 6.07) is 0. The maximum absolute atomic E-state index is 10.3. The molecule has 0 heterocycles. The SMILES string of the molecule is C[C@H](O)[C@@](O)(OS(=O)(=O)O)[C@H](O)[C@H](O)C=O. The summed E-state index contributed by atoms with van der Waals surface area (Å²) in [4.78, 5) is 10.1. The van der Waals surface area contributed by atoms with Crippen LogP contribution in [0, 0.1) is 0 Å². The van der Waals surface area contributed by atoms with Crippen molar-refractivity contribution in [1.82, 2.24) is 0 Å². The number of carbonyl (C=O) groups excluding carboxylic acids is 1. The van der Waals surface area contributed by atoms with Gasteiger partial charge in [0.05, 0.1) is 0 Å². The van der Waals surface area contributed by atoms with Crippen molar-refractivity contribution in [1.29, 1.82) is 0 Å². The molecule has 0 saturated heterocycles. The predicted molar refractivity (Wildman–Crippen MR) is 47.3 cm³/mol. The maximum atomic E-state index is 10.3. The fraction of sp³-hybridized carbons (Fsp3) is 0.833. The third kappa shape index (κ3) is 3.75. The van der Waals surface area contributed by atoms with Crippen LogP contribution in [0.4, 0.5) is 0 Å². The van der Waals surface area contributed by atoms with Crippen LogP contribution in [-0.4, -0.2) is 63.8 Å². The van der Waals surface area contributed by atoms with Crippen molar-refractivity contribution in [2.75, 3.05) is 0 Å². The molecular formula is C6H12O9S. The molecule has 0 rings (SSSR count). The highest BCUT2D eigenvalue weighted by atomic mass is 32.3. The van der Waals surface area contributed by atoms with E-state index in [4.69, 9.17) is 14.8 Å². The van der Waals surface area contributed by atoms with Crippen LogP contribution in [0.2, 0.25) is 0 Å².